The largest absolute Gasteiger partial charge is 0.0713 e. The van der Waals surface area contributed by atoms with E-state index in [1.807, 2.05) is 0 Å². The van der Waals surface area contributed by atoms with Gasteiger partial charge in [-0.15, -0.1) is 0 Å². The summed E-state index contributed by atoms with van der Waals surface area (Å²) >= 11 is 0. The normalized spacial score (nSPS) is 14.0. The molecule has 0 heteroatoms. The lowest BCUT2D eigenvalue weighted by atomic mass is 9.67. The summed E-state index contributed by atoms with van der Waals surface area (Å²) in [5, 5.41) is 0. The van der Waals surface area contributed by atoms with Crippen LogP contribution in [-0.4, -0.2) is 0 Å². The minimum absolute atomic E-state index is 0.293. The van der Waals surface area contributed by atoms with E-state index in [4.69, 9.17) is 0 Å². The molecule has 31 heavy (non-hydrogen) atoms. The molecule has 5 rings (SSSR count). The Morgan fingerprint density at radius 2 is 0.806 bits per heavy atom. The number of benzene rings is 4. The predicted octanol–water partition coefficient (Wildman–Crippen LogP) is 8.30. The van der Waals surface area contributed by atoms with Crippen molar-refractivity contribution in [2.45, 2.75) is 44.9 Å². The molecule has 0 bridgehead atoms. The third-order valence-electron chi connectivity index (χ3n) is 6.97. The van der Waals surface area contributed by atoms with E-state index in [9.17, 15) is 0 Å². The van der Waals surface area contributed by atoms with Gasteiger partial charge in [0, 0.05) is 0 Å². The molecule has 1 aliphatic carbocycles. The minimum Gasteiger partial charge on any atom is -0.0619 e. The van der Waals surface area contributed by atoms with Gasteiger partial charge in [-0.1, -0.05) is 125 Å². The highest BCUT2D eigenvalue weighted by atomic mass is 14.5. The Morgan fingerprint density at radius 1 is 0.452 bits per heavy atom. The Labute approximate surface area is 186 Å². The van der Waals surface area contributed by atoms with Crippen LogP contribution < -0.4 is 0 Å². The van der Waals surface area contributed by atoms with Crippen molar-refractivity contribution in [3.05, 3.63) is 130 Å². The van der Waals surface area contributed by atoms with E-state index in [1.165, 1.54) is 44.5 Å². The highest BCUT2D eigenvalue weighted by Gasteiger charge is 2.45. The summed E-state index contributed by atoms with van der Waals surface area (Å²) < 4.78 is 0. The van der Waals surface area contributed by atoms with Crippen LogP contribution in [0.1, 0.15) is 72.9 Å². The summed E-state index contributed by atoms with van der Waals surface area (Å²) in [6, 6.07) is 36.6. The number of fused-ring (bicyclic) bond motifs is 3. The van der Waals surface area contributed by atoms with E-state index in [2.05, 4.69) is 125 Å². The van der Waals surface area contributed by atoms with Crippen molar-refractivity contribution < 1.29 is 0 Å². The summed E-state index contributed by atoms with van der Waals surface area (Å²) in [4.78, 5) is 0. The molecule has 0 N–H and O–H groups in total. The fraction of sp³-hybridized carbons (Fsp3) is 0.226. The SMILES string of the molecule is CC(C)c1ccc(C2(c3ccc(C(C)C)cc3)c3ccccc3-c3ccccc32)cc1. The average molecular weight is 403 g/mol. The average Bonchev–Trinajstić information content (AvgIpc) is 3.11. The van der Waals surface area contributed by atoms with Gasteiger partial charge in [-0.05, 0) is 56.3 Å². The van der Waals surface area contributed by atoms with Gasteiger partial charge in [0.05, 0.1) is 5.41 Å². The molecule has 0 saturated carbocycles. The van der Waals surface area contributed by atoms with E-state index in [1.54, 1.807) is 0 Å². The van der Waals surface area contributed by atoms with E-state index in [0.29, 0.717) is 11.8 Å². The van der Waals surface area contributed by atoms with Crippen LogP contribution in [-0.2, 0) is 5.41 Å². The summed E-state index contributed by atoms with van der Waals surface area (Å²) in [6.45, 7) is 9.04. The topological polar surface area (TPSA) is 0 Å². The Morgan fingerprint density at radius 3 is 1.16 bits per heavy atom. The first-order chi connectivity index (χ1) is 15.0. The van der Waals surface area contributed by atoms with Crippen LogP contribution in [0.2, 0.25) is 0 Å². The maximum absolute atomic E-state index is 2.35. The monoisotopic (exact) mass is 402 g/mol. The van der Waals surface area contributed by atoms with Crippen molar-refractivity contribution in [2.24, 2.45) is 0 Å². The highest BCUT2D eigenvalue weighted by Crippen LogP contribution is 2.56. The summed E-state index contributed by atoms with van der Waals surface area (Å²) in [6.07, 6.45) is 0. The fourth-order valence-corrected chi connectivity index (χ4v) is 5.26. The number of hydrogen-bond donors (Lipinski definition) is 0. The summed E-state index contributed by atoms with van der Waals surface area (Å²) in [7, 11) is 0. The van der Waals surface area contributed by atoms with Gasteiger partial charge >= 0.3 is 0 Å². The number of rotatable bonds is 4. The first kappa shape index (κ1) is 19.8. The van der Waals surface area contributed by atoms with Crippen molar-refractivity contribution in [3.8, 4) is 11.1 Å². The van der Waals surface area contributed by atoms with Gasteiger partial charge in [-0.3, -0.25) is 0 Å². The Kier molecular flexibility index (Phi) is 4.82. The molecule has 0 amide bonds. The van der Waals surface area contributed by atoms with Crippen LogP contribution in [0, 0.1) is 0 Å². The molecule has 0 nitrogen and oxygen atoms in total. The van der Waals surface area contributed by atoms with E-state index in [-0.39, 0.29) is 5.41 Å². The van der Waals surface area contributed by atoms with Gasteiger partial charge in [-0.25, -0.2) is 0 Å². The molecule has 1 aliphatic rings. The zero-order valence-corrected chi connectivity index (χ0v) is 18.9. The van der Waals surface area contributed by atoms with E-state index >= 15 is 0 Å². The standard InChI is InChI=1S/C31H30/c1-21(2)23-13-17-25(18-14-23)31(26-19-15-24(16-20-26)22(3)4)29-11-7-5-9-27(29)28-10-6-8-12-30(28)31/h5-22H,1-4H3. The van der Waals surface area contributed by atoms with Gasteiger partial charge in [0.1, 0.15) is 0 Å². The molecular formula is C31H30. The Bertz CT molecular complexity index is 1110. The van der Waals surface area contributed by atoms with Crippen LogP contribution in [0.5, 0.6) is 0 Å². The van der Waals surface area contributed by atoms with Gasteiger partial charge in [0.25, 0.3) is 0 Å². The van der Waals surface area contributed by atoms with E-state index in [0.717, 1.165) is 0 Å². The third-order valence-corrected chi connectivity index (χ3v) is 6.97. The lowest BCUT2D eigenvalue weighted by Gasteiger charge is -2.34. The molecule has 0 spiro atoms. The lowest BCUT2D eigenvalue weighted by Crippen LogP contribution is -2.28. The quantitative estimate of drug-likeness (QED) is 0.283. The van der Waals surface area contributed by atoms with Crippen molar-refractivity contribution in [1.82, 2.24) is 0 Å². The molecule has 0 atom stereocenters. The smallest absolute Gasteiger partial charge is 0.0619 e. The van der Waals surface area contributed by atoms with Crippen molar-refractivity contribution >= 4 is 0 Å². The van der Waals surface area contributed by atoms with Gasteiger partial charge in [0.2, 0.25) is 0 Å². The lowest BCUT2D eigenvalue weighted by molar-refractivity contribution is 0.762. The first-order valence-corrected chi connectivity index (χ1v) is 11.4. The molecule has 4 aromatic rings. The van der Waals surface area contributed by atoms with Crippen molar-refractivity contribution in [1.29, 1.82) is 0 Å². The maximum atomic E-state index is 2.35. The Balaban J connectivity index is 1.84. The molecule has 0 saturated heterocycles. The Hall–Kier alpha value is -3.12. The van der Waals surface area contributed by atoms with Gasteiger partial charge in [-0.2, -0.15) is 0 Å². The van der Waals surface area contributed by atoms with Crippen LogP contribution in [0.3, 0.4) is 0 Å². The summed E-state index contributed by atoms with van der Waals surface area (Å²) in [5.41, 5.74) is 10.6. The molecule has 0 fully saturated rings. The second-order valence-electron chi connectivity index (χ2n) is 9.39. The second kappa shape index (κ2) is 7.54. The highest BCUT2D eigenvalue weighted by molar-refractivity contribution is 5.86. The molecule has 0 aromatic heterocycles. The third kappa shape index (κ3) is 2.97. The molecule has 4 aromatic carbocycles. The zero-order valence-electron chi connectivity index (χ0n) is 18.9. The molecule has 154 valence electrons. The fourth-order valence-electron chi connectivity index (χ4n) is 5.26. The predicted molar refractivity (Wildman–Crippen MR) is 132 cm³/mol. The molecule has 0 heterocycles. The van der Waals surface area contributed by atoms with Crippen LogP contribution in [0.4, 0.5) is 0 Å². The summed E-state index contributed by atoms with van der Waals surface area (Å²) in [5.74, 6) is 1.05. The zero-order chi connectivity index (χ0) is 21.6. The molecule has 0 aliphatic heterocycles. The molecule has 0 unspecified atom stereocenters. The van der Waals surface area contributed by atoms with E-state index < -0.39 is 0 Å². The van der Waals surface area contributed by atoms with Gasteiger partial charge in [0.15, 0.2) is 0 Å². The minimum atomic E-state index is -0.293. The molecule has 0 radical (unpaired) electrons. The van der Waals surface area contributed by atoms with Crippen molar-refractivity contribution in [2.75, 3.05) is 0 Å². The van der Waals surface area contributed by atoms with Crippen LogP contribution >= 0.6 is 0 Å². The maximum Gasteiger partial charge on any atom is 0.0713 e. The van der Waals surface area contributed by atoms with Crippen LogP contribution in [0.15, 0.2) is 97.1 Å². The van der Waals surface area contributed by atoms with Crippen LogP contribution in [0.25, 0.3) is 11.1 Å². The van der Waals surface area contributed by atoms with Crippen molar-refractivity contribution in [3.63, 3.8) is 0 Å². The molecular weight excluding hydrogens is 372 g/mol. The van der Waals surface area contributed by atoms with Gasteiger partial charge < -0.3 is 0 Å². The second-order valence-corrected chi connectivity index (χ2v) is 9.39. The first-order valence-electron chi connectivity index (χ1n) is 11.4. The number of hydrogen-bond acceptors (Lipinski definition) is 0.